The fourth-order valence-electron chi connectivity index (χ4n) is 2.80. The molecule has 2 aromatic rings. The Hall–Kier alpha value is -2.83. The Balaban J connectivity index is 1.70. The number of pyridine rings is 1. The van der Waals surface area contributed by atoms with Crippen LogP contribution in [0.2, 0.25) is 0 Å². The van der Waals surface area contributed by atoms with Crippen molar-refractivity contribution in [2.45, 2.75) is 31.7 Å². The third kappa shape index (κ3) is 4.17. The Morgan fingerprint density at radius 2 is 1.76 bits per heavy atom. The van der Waals surface area contributed by atoms with Crippen molar-refractivity contribution >= 4 is 17.5 Å². The van der Waals surface area contributed by atoms with Gasteiger partial charge in [0.05, 0.1) is 0 Å². The van der Waals surface area contributed by atoms with Crippen LogP contribution in [0.1, 0.15) is 46.5 Å². The van der Waals surface area contributed by atoms with Gasteiger partial charge in [0.15, 0.2) is 11.6 Å². The number of nitrogens with zero attached hydrogens (tertiary/aromatic N) is 1. The largest absolute Gasteiger partial charge is 0.348 e. The minimum absolute atomic E-state index is 0.123. The molecule has 25 heavy (non-hydrogen) atoms. The highest BCUT2D eigenvalue weighted by molar-refractivity contribution is 6.05. The molecule has 2 amide bonds. The maximum atomic E-state index is 13.2. The number of carbonyl (C=O) groups is 2. The molecule has 7 heteroatoms. The number of nitrogens with one attached hydrogen (secondary N) is 2. The SMILES string of the molecule is O=C(Nc1ccc(F)c(F)c1)c1ccnc(C(=O)NC2CCCC2)c1. The zero-order chi connectivity index (χ0) is 17.8. The third-order valence-corrected chi connectivity index (χ3v) is 4.12. The molecule has 130 valence electrons. The van der Waals surface area contributed by atoms with E-state index in [-0.39, 0.29) is 28.9 Å². The van der Waals surface area contributed by atoms with Gasteiger partial charge in [-0.3, -0.25) is 14.6 Å². The highest BCUT2D eigenvalue weighted by Gasteiger charge is 2.19. The van der Waals surface area contributed by atoms with Crippen molar-refractivity contribution in [1.82, 2.24) is 10.3 Å². The van der Waals surface area contributed by atoms with Crippen LogP contribution in [0.5, 0.6) is 0 Å². The highest BCUT2D eigenvalue weighted by atomic mass is 19.2. The molecule has 1 fully saturated rings. The first-order valence-electron chi connectivity index (χ1n) is 8.06. The van der Waals surface area contributed by atoms with Crippen molar-refractivity contribution < 1.29 is 18.4 Å². The van der Waals surface area contributed by atoms with E-state index in [1.165, 1.54) is 24.4 Å². The Kier molecular flexibility index (Phi) is 5.02. The molecule has 0 saturated heterocycles. The molecule has 1 aliphatic carbocycles. The monoisotopic (exact) mass is 345 g/mol. The molecule has 0 unspecified atom stereocenters. The highest BCUT2D eigenvalue weighted by Crippen LogP contribution is 2.18. The second-order valence-electron chi connectivity index (χ2n) is 5.97. The van der Waals surface area contributed by atoms with E-state index in [1.807, 2.05) is 0 Å². The fourth-order valence-corrected chi connectivity index (χ4v) is 2.80. The van der Waals surface area contributed by atoms with Crippen molar-refractivity contribution in [3.63, 3.8) is 0 Å². The Morgan fingerprint density at radius 1 is 1.00 bits per heavy atom. The number of halogens is 2. The predicted octanol–water partition coefficient (Wildman–Crippen LogP) is 3.28. The zero-order valence-electron chi connectivity index (χ0n) is 13.4. The van der Waals surface area contributed by atoms with Crippen LogP contribution < -0.4 is 10.6 Å². The second kappa shape index (κ2) is 7.38. The molecule has 1 aliphatic rings. The van der Waals surface area contributed by atoms with Crippen molar-refractivity contribution in [3.05, 3.63) is 59.4 Å². The molecule has 1 aromatic heterocycles. The summed E-state index contributed by atoms with van der Waals surface area (Å²) < 4.78 is 26.1. The van der Waals surface area contributed by atoms with Crippen molar-refractivity contribution in [2.75, 3.05) is 5.32 Å². The Labute approximate surface area is 143 Å². The summed E-state index contributed by atoms with van der Waals surface area (Å²) in [7, 11) is 0. The van der Waals surface area contributed by atoms with Crippen LogP contribution in [0.15, 0.2) is 36.5 Å². The van der Waals surface area contributed by atoms with Gasteiger partial charge >= 0.3 is 0 Å². The standard InChI is InChI=1S/C18H17F2N3O2/c19-14-6-5-13(10-15(14)20)23-17(24)11-7-8-21-16(9-11)18(25)22-12-3-1-2-4-12/h5-10,12H,1-4H2,(H,22,25)(H,23,24). The summed E-state index contributed by atoms with van der Waals surface area (Å²) in [6, 6.07) is 6.04. The van der Waals surface area contributed by atoms with E-state index < -0.39 is 17.5 Å². The van der Waals surface area contributed by atoms with E-state index in [1.54, 1.807) is 0 Å². The molecular formula is C18H17F2N3O2. The lowest BCUT2D eigenvalue weighted by atomic mass is 10.2. The van der Waals surface area contributed by atoms with Gasteiger partial charge in [-0.25, -0.2) is 8.78 Å². The number of benzene rings is 1. The van der Waals surface area contributed by atoms with Crippen LogP contribution in [-0.4, -0.2) is 22.8 Å². The summed E-state index contributed by atoms with van der Waals surface area (Å²) in [6.45, 7) is 0. The van der Waals surface area contributed by atoms with Crippen LogP contribution in [0.4, 0.5) is 14.5 Å². The van der Waals surface area contributed by atoms with E-state index in [0.717, 1.165) is 37.8 Å². The average Bonchev–Trinajstić information content (AvgIpc) is 3.11. The molecule has 0 aliphatic heterocycles. The second-order valence-corrected chi connectivity index (χ2v) is 5.97. The van der Waals surface area contributed by atoms with E-state index in [2.05, 4.69) is 15.6 Å². The van der Waals surface area contributed by atoms with Gasteiger partial charge in [0.25, 0.3) is 11.8 Å². The van der Waals surface area contributed by atoms with Crippen molar-refractivity contribution in [2.24, 2.45) is 0 Å². The van der Waals surface area contributed by atoms with E-state index in [4.69, 9.17) is 0 Å². The average molecular weight is 345 g/mol. The van der Waals surface area contributed by atoms with E-state index in [0.29, 0.717) is 0 Å². The van der Waals surface area contributed by atoms with Crippen LogP contribution in [-0.2, 0) is 0 Å². The van der Waals surface area contributed by atoms with Gasteiger partial charge in [0, 0.05) is 29.6 Å². The number of amides is 2. The summed E-state index contributed by atoms with van der Waals surface area (Å²) in [5.41, 5.74) is 0.471. The molecule has 5 nitrogen and oxygen atoms in total. The lowest BCUT2D eigenvalue weighted by Gasteiger charge is -2.12. The lowest BCUT2D eigenvalue weighted by molar-refractivity contribution is 0.0933. The Bertz CT molecular complexity index is 805. The number of aromatic nitrogens is 1. The minimum atomic E-state index is -1.05. The topological polar surface area (TPSA) is 71.1 Å². The quantitative estimate of drug-likeness (QED) is 0.893. The lowest BCUT2D eigenvalue weighted by Crippen LogP contribution is -2.33. The molecule has 1 heterocycles. The molecule has 0 atom stereocenters. The Morgan fingerprint density at radius 3 is 2.48 bits per heavy atom. The number of rotatable bonds is 4. The number of anilines is 1. The first-order chi connectivity index (χ1) is 12.0. The normalized spacial score (nSPS) is 14.3. The molecule has 0 bridgehead atoms. The van der Waals surface area contributed by atoms with Crippen molar-refractivity contribution in [1.29, 1.82) is 0 Å². The van der Waals surface area contributed by atoms with Crippen molar-refractivity contribution in [3.8, 4) is 0 Å². The van der Waals surface area contributed by atoms with Crippen LogP contribution in [0.3, 0.4) is 0 Å². The van der Waals surface area contributed by atoms with E-state index >= 15 is 0 Å². The zero-order valence-corrected chi connectivity index (χ0v) is 13.4. The van der Waals surface area contributed by atoms with Crippen LogP contribution in [0.25, 0.3) is 0 Å². The first kappa shape index (κ1) is 17.0. The molecule has 1 aromatic carbocycles. The number of hydrogen-bond acceptors (Lipinski definition) is 3. The van der Waals surface area contributed by atoms with Gasteiger partial charge in [0.1, 0.15) is 5.69 Å². The maximum Gasteiger partial charge on any atom is 0.270 e. The summed E-state index contributed by atoms with van der Waals surface area (Å²) in [5.74, 6) is -2.91. The van der Waals surface area contributed by atoms with Crippen LogP contribution in [0, 0.1) is 11.6 Å². The number of carbonyl (C=O) groups excluding carboxylic acids is 2. The molecule has 0 spiro atoms. The number of hydrogen-bond donors (Lipinski definition) is 2. The third-order valence-electron chi connectivity index (χ3n) is 4.12. The summed E-state index contributed by atoms with van der Waals surface area (Å²) in [5, 5.41) is 5.36. The van der Waals surface area contributed by atoms with E-state index in [9.17, 15) is 18.4 Å². The first-order valence-corrected chi connectivity index (χ1v) is 8.06. The van der Waals surface area contributed by atoms with Gasteiger partial charge in [-0.15, -0.1) is 0 Å². The summed E-state index contributed by atoms with van der Waals surface area (Å²) >= 11 is 0. The minimum Gasteiger partial charge on any atom is -0.348 e. The molecular weight excluding hydrogens is 328 g/mol. The van der Waals surface area contributed by atoms with Crippen LogP contribution >= 0.6 is 0 Å². The molecule has 3 rings (SSSR count). The van der Waals surface area contributed by atoms with Gasteiger partial charge < -0.3 is 10.6 Å². The smallest absolute Gasteiger partial charge is 0.270 e. The van der Waals surface area contributed by atoms with Gasteiger partial charge in [-0.1, -0.05) is 12.8 Å². The van der Waals surface area contributed by atoms with Gasteiger partial charge in [0.2, 0.25) is 0 Å². The predicted molar refractivity (Wildman–Crippen MR) is 88.3 cm³/mol. The fraction of sp³-hybridized carbons (Fsp3) is 0.278. The maximum absolute atomic E-state index is 13.2. The molecule has 0 radical (unpaired) electrons. The van der Waals surface area contributed by atoms with Gasteiger partial charge in [-0.05, 0) is 37.1 Å². The molecule has 1 saturated carbocycles. The summed E-state index contributed by atoms with van der Waals surface area (Å²) in [6.07, 6.45) is 5.44. The van der Waals surface area contributed by atoms with Gasteiger partial charge in [-0.2, -0.15) is 0 Å². The summed E-state index contributed by atoms with van der Waals surface area (Å²) in [4.78, 5) is 28.5. The molecule has 2 N–H and O–H groups in total.